The van der Waals surface area contributed by atoms with Crippen LogP contribution in [0.5, 0.6) is 0 Å². The van der Waals surface area contributed by atoms with Crippen molar-refractivity contribution in [1.82, 2.24) is 0 Å². The molecular weight excluding hydrogens is 222 g/mol. The van der Waals surface area contributed by atoms with Crippen LogP contribution in [0.2, 0.25) is 0 Å². The van der Waals surface area contributed by atoms with Crippen LogP contribution in [0.1, 0.15) is 31.9 Å². The van der Waals surface area contributed by atoms with Crippen molar-refractivity contribution < 1.29 is 5.11 Å². The summed E-state index contributed by atoms with van der Waals surface area (Å²) in [6, 6.07) is 16.0. The fraction of sp³-hybridized carbons (Fsp3) is 0.312. The van der Waals surface area contributed by atoms with Gasteiger partial charge in [-0.25, -0.2) is 0 Å². The summed E-state index contributed by atoms with van der Waals surface area (Å²) in [6.45, 7) is 3.73. The highest BCUT2D eigenvalue weighted by molar-refractivity contribution is 5.86. The third kappa shape index (κ3) is 1.98. The summed E-state index contributed by atoms with van der Waals surface area (Å²) >= 11 is 0. The molecule has 2 heteroatoms. The third-order valence-corrected chi connectivity index (χ3v) is 3.71. The molecule has 0 fully saturated rings. The summed E-state index contributed by atoms with van der Waals surface area (Å²) in [5, 5.41) is 21.9. The lowest BCUT2D eigenvalue weighted by Gasteiger charge is -2.27. The third-order valence-electron chi connectivity index (χ3n) is 3.71. The Labute approximate surface area is 107 Å². The van der Waals surface area contributed by atoms with Crippen LogP contribution in [0.25, 0.3) is 10.8 Å². The second kappa shape index (κ2) is 4.80. The molecule has 0 aromatic heterocycles. The van der Waals surface area contributed by atoms with Crippen LogP contribution < -0.4 is 0 Å². The molecule has 0 heterocycles. The van der Waals surface area contributed by atoms with Crippen molar-refractivity contribution in [1.29, 1.82) is 5.26 Å². The van der Waals surface area contributed by atoms with Gasteiger partial charge in [0.15, 0.2) is 0 Å². The molecule has 0 radical (unpaired) electrons. The summed E-state index contributed by atoms with van der Waals surface area (Å²) in [4.78, 5) is 0. The molecule has 0 aliphatic rings. The van der Waals surface area contributed by atoms with E-state index in [1.54, 1.807) is 6.92 Å². The highest BCUT2D eigenvalue weighted by Crippen LogP contribution is 2.38. The Kier molecular flexibility index (Phi) is 3.36. The van der Waals surface area contributed by atoms with Gasteiger partial charge in [0.2, 0.25) is 0 Å². The maximum absolute atomic E-state index is 10.5. The zero-order valence-corrected chi connectivity index (χ0v) is 10.7. The summed E-state index contributed by atoms with van der Waals surface area (Å²) in [7, 11) is 0. The molecule has 92 valence electrons. The highest BCUT2D eigenvalue weighted by atomic mass is 16.3. The second-order valence-electron chi connectivity index (χ2n) is 4.85. The van der Waals surface area contributed by atoms with E-state index < -0.39 is 11.5 Å². The number of rotatable bonds is 3. The average molecular weight is 239 g/mol. The number of nitrogens with zero attached hydrogens (tertiary/aromatic N) is 1. The van der Waals surface area contributed by atoms with Gasteiger partial charge >= 0.3 is 0 Å². The number of aliphatic hydroxyl groups excluding tert-OH is 1. The molecule has 1 N–H and O–H groups in total. The Morgan fingerprint density at radius 2 is 1.89 bits per heavy atom. The first-order valence-electron chi connectivity index (χ1n) is 6.19. The smallest absolute Gasteiger partial charge is 0.0979 e. The molecule has 0 saturated carbocycles. The van der Waals surface area contributed by atoms with Crippen LogP contribution in [0.3, 0.4) is 0 Å². The minimum atomic E-state index is -0.765. The SMILES string of the molecule is CCC(C)(C#N)C(O)c1cccc2ccccc12. The van der Waals surface area contributed by atoms with Gasteiger partial charge in [0.05, 0.1) is 17.6 Å². The van der Waals surface area contributed by atoms with Crippen molar-refractivity contribution >= 4 is 10.8 Å². The predicted octanol–water partition coefficient (Wildman–Crippen LogP) is 3.81. The van der Waals surface area contributed by atoms with E-state index in [9.17, 15) is 10.4 Å². The van der Waals surface area contributed by atoms with Crippen LogP contribution in [0.15, 0.2) is 42.5 Å². The number of fused-ring (bicyclic) bond motifs is 1. The van der Waals surface area contributed by atoms with Gasteiger partial charge in [-0.15, -0.1) is 0 Å². The Morgan fingerprint density at radius 1 is 1.22 bits per heavy atom. The monoisotopic (exact) mass is 239 g/mol. The fourth-order valence-corrected chi connectivity index (χ4v) is 2.17. The number of benzene rings is 2. The van der Waals surface area contributed by atoms with Crippen LogP contribution in [0.4, 0.5) is 0 Å². The van der Waals surface area contributed by atoms with Gasteiger partial charge < -0.3 is 5.11 Å². The first-order chi connectivity index (χ1) is 8.62. The van der Waals surface area contributed by atoms with Crippen LogP contribution in [-0.4, -0.2) is 5.11 Å². The summed E-state index contributed by atoms with van der Waals surface area (Å²) in [6.07, 6.45) is -0.146. The zero-order valence-electron chi connectivity index (χ0n) is 10.7. The van der Waals surface area contributed by atoms with Gasteiger partial charge in [0, 0.05) is 0 Å². The zero-order chi connectivity index (χ0) is 13.2. The molecular formula is C16H17NO. The molecule has 0 aliphatic carbocycles. The normalized spacial score (nSPS) is 15.9. The van der Waals surface area contributed by atoms with E-state index in [1.807, 2.05) is 49.4 Å². The Bertz CT molecular complexity index is 594. The minimum Gasteiger partial charge on any atom is -0.387 e. The maximum atomic E-state index is 10.5. The molecule has 2 aromatic rings. The highest BCUT2D eigenvalue weighted by Gasteiger charge is 2.33. The van der Waals surface area contributed by atoms with Gasteiger partial charge in [0.25, 0.3) is 0 Å². The summed E-state index contributed by atoms with van der Waals surface area (Å²) in [5.41, 5.74) is 0.0865. The van der Waals surface area contributed by atoms with E-state index in [1.165, 1.54) is 0 Å². The van der Waals surface area contributed by atoms with Gasteiger partial charge in [-0.1, -0.05) is 49.4 Å². The van der Waals surface area contributed by atoms with E-state index in [-0.39, 0.29) is 0 Å². The minimum absolute atomic E-state index is 0.619. The van der Waals surface area contributed by atoms with Crippen molar-refractivity contribution in [3.8, 4) is 6.07 Å². The van der Waals surface area contributed by atoms with Crippen LogP contribution in [0, 0.1) is 16.7 Å². The molecule has 0 spiro atoms. The van der Waals surface area contributed by atoms with E-state index >= 15 is 0 Å². The number of hydrogen-bond donors (Lipinski definition) is 1. The lowest BCUT2D eigenvalue weighted by Crippen LogP contribution is -2.23. The Hall–Kier alpha value is -1.85. The standard InChI is InChI=1S/C16H17NO/c1-3-16(2,11-17)15(18)14-10-6-8-12-7-4-5-9-13(12)14/h4-10,15,18H,3H2,1-2H3. The molecule has 0 amide bonds. The molecule has 0 saturated heterocycles. The maximum Gasteiger partial charge on any atom is 0.0979 e. The molecule has 2 atom stereocenters. The van der Waals surface area contributed by atoms with Crippen LogP contribution >= 0.6 is 0 Å². The Morgan fingerprint density at radius 3 is 2.56 bits per heavy atom. The topological polar surface area (TPSA) is 44.0 Å². The first-order valence-corrected chi connectivity index (χ1v) is 6.19. The predicted molar refractivity (Wildman–Crippen MR) is 72.9 cm³/mol. The quantitative estimate of drug-likeness (QED) is 0.885. The first kappa shape index (κ1) is 12.6. The van der Waals surface area contributed by atoms with Crippen molar-refractivity contribution in [2.24, 2.45) is 5.41 Å². The average Bonchev–Trinajstić information content (AvgIpc) is 2.45. The van der Waals surface area contributed by atoms with Crippen LogP contribution in [-0.2, 0) is 0 Å². The molecule has 0 aliphatic heterocycles. The molecule has 2 rings (SSSR count). The van der Waals surface area contributed by atoms with Crippen molar-refractivity contribution in [2.75, 3.05) is 0 Å². The molecule has 2 aromatic carbocycles. The van der Waals surface area contributed by atoms with E-state index in [2.05, 4.69) is 6.07 Å². The number of hydrogen-bond acceptors (Lipinski definition) is 2. The fourth-order valence-electron chi connectivity index (χ4n) is 2.17. The second-order valence-corrected chi connectivity index (χ2v) is 4.85. The molecule has 2 nitrogen and oxygen atoms in total. The van der Waals surface area contributed by atoms with E-state index in [0.29, 0.717) is 6.42 Å². The van der Waals surface area contributed by atoms with Gasteiger partial charge in [-0.05, 0) is 29.7 Å². The van der Waals surface area contributed by atoms with Gasteiger partial charge in [0.1, 0.15) is 0 Å². The van der Waals surface area contributed by atoms with Crippen molar-refractivity contribution in [2.45, 2.75) is 26.4 Å². The van der Waals surface area contributed by atoms with Crippen molar-refractivity contribution in [3.05, 3.63) is 48.0 Å². The largest absolute Gasteiger partial charge is 0.387 e. The Balaban J connectivity index is 2.59. The summed E-state index contributed by atoms with van der Waals surface area (Å²) < 4.78 is 0. The van der Waals surface area contributed by atoms with Gasteiger partial charge in [-0.3, -0.25) is 0 Å². The molecule has 18 heavy (non-hydrogen) atoms. The van der Waals surface area contributed by atoms with Crippen molar-refractivity contribution in [3.63, 3.8) is 0 Å². The van der Waals surface area contributed by atoms with E-state index in [0.717, 1.165) is 16.3 Å². The number of aliphatic hydroxyl groups is 1. The number of nitriles is 1. The lowest BCUT2D eigenvalue weighted by molar-refractivity contribution is 0.0735. The van der Waals surface area contributed by atoms with Gasteiger partial charge in [-0.2, -0.15) is 5.26 Å². The molecule has 0 bridgehead atoms. The summed E-state index contributed by atoms with van der Waals surface area (Å²) in [5.74, 6) is 0. The van der Waals surface area contributed by atoms with E-state index in [4.69, 9.17) is 0 Å². The molecule has 2 unspecified atom stereocenters. The lowest BCUT2D eigenvalue weighted by atomic mass is 9.78.